The van der Waals surface area contributed by atoms with Gasteiger partial charge in [0.1, 0.15) is 4.21 Å². The maximum absolute atomic E-state index is 13.8. The number of nitrogens with zero attached hydrogens (tertiary/aromatic N) is 1. The molecule has 2 aliphatic carbocycles. The SMILES string of the molecule is O=S(=O)(NCC1CCC(CNC2=N[C@@H]3CCc4cc(F)c(F)cc4[C@@H]3C2)CC1)c1cccs1. The van der Waals surface area contributed by atoms with E-state index in [1.165, 1.54) is 23.5 Å². The zero-order valence-corrected chi connectivity index (χ0v) is 20.0. The molecule has 2 aromatic rings. The Bertz CT molecular complexity index is 1130. The minimum absolute atomic E-state index is 0.137. The molecular weight excluding hydrogens is 464 g/mol. The van der Waals surface area contributed by atoms with E-state index in [0.717, 1.165) is 68.5 Å². The molecule has 0 spiro atoms. The average molecular weight is 494 g/mol. The van der Waals surface area contributed by atoms with Gasteiger partial charge in [-0.1, -0.05) is 6.07 Å². The Morgan fingerprint density at radius 3 is 2.48 bits per heavy atom. The summed E-state index contributed by atoms with van der Waals surface area (Å²) in [5.74, 6) is 0.491. The van der Waals surface area contributed by atoms with E-state index in [0.29, 0.717) is 22.6 Å². The van der Waals surface area contributed by atoms with Crippen LogP contribution in [0.4, 0.5) is 8.78 Å². The second-order valence-corrected chi connectivity index (χ2v) is 12.5. The first-order chi connectivity index (χ1) is 15.9. The van der Waals surface area contributed by atoms with Gasteiger partial charge in [0, 0.05) is 25.4 Å². The summed E-state index contributed by atoms with van der Waals surface area (Å²) < 4.78 is 55.2. The normalized spacial score (nSPS) is 27.0. The van der Waals surface area contributed by atoms with Gasteiger partial charge in [0.05, 0.1) is 11.9 Å². The molecule has 0 amide bonds. The molecule has 1 saturated carbocycles. The van der Waals surface area contributed by atoms with Crippen LogP contribution in [0.15, 0.2) is 38.8 Å². The van der Waals surface area contributed by atoms with Crippen molar-refractivity contribution in [3.05, 3.63) is 52.4 Å². The zero-order valence-electron chi connectivity index (χ0n) is 18.4. The van der Waals surface area contributed by atoms with E-state index in [9.17, 15) is 17.2 Å². The van der Waals surface area contributed by atoms with Crippen LogP contribution in [-0.4, -0.2) is 33.4 Å². The molecular formula is C24H29F2N3O2S2. The van der Waals surface area contributed by atoms with Gasteiger partial charge >= 0.3 is 0 Å². The van der Waals surface area contributed by atoms with E-state index in [4.69, 9.17) is 4.99 Å². The number of hydrogen-bond donors (Lipinski definition) is 2. The largest absolute Gasteiger partial charge is 0.374 e. The standard InChI is InChI=1S/C24H29F2N3O2S2/c25-20-10-17-7-8-22-19(18(17)11-21(20)26)12-23(29-22)27-13-15-3-5-16(6-4-15)14-28-33(30,31)24-2-1-9-32-24/h1-2,9-11,15-16,19,22,28H,3-8,12-14H2,(H,27,29)/t15?,16?,19-,22+/m0/s1. The summed E-state index contributed by atoms with van der Waals surface area (Å²) in [7, 11) is -3.39. The third-order valence-corrected chi connectivity index (χ3v) is 10.2. The highest BCUT2D eigenvalue weighted by Gasteiger charge is 2.36. The van der Waals surface area contributed by atoms with Crippen LogP contribution in [0.1, 0.15) is 55.6 Å². The van der Waals surface area contributed by atoms with E-state index in [1.807, 2.05) is 0 Å². The van der Waals surface area contributed by atoms with Crippen LogP contribution >= 0.6 is 11.3 Å². The van der Waals surface area contributed by atoms with Gasteiger partial charge in [-0.05, 0) is 85.1 Å². The highest BCUT2D eigenvalue weighted by molar-refractivity contribution is 7.91. The average Bonchev–Trinajstić information content (AvgIpc) is 3.49. The summed E-state index contributed by atoms with van der Waals surface area (Å²) in [4.78, 5) is 4.85. The predicted molar refractivity (Wildman–Crippen MR) is 126 cm³/mol. The first kappa shape index (κ1) is 22.9. The second kappa shape index (κ2) is 9.43. The van der Waals surface area contributed by atoms with Crippen molar-refractivity contribution >= 4 is 27.2 Å². The van der Waals surface area contributed by atoms with E-state index in [1.54, 1.807) is 17.5 Å². The van der Waals surface area contributed by atoms with Crippen molar-refractivity contribution < 1.29 is 17.2 Å². The zero-order chi connectivity index (χ0) is 23.0. The monoisotopic (exact) mass is 493 g/mol. The quantitative estimate of drug-likeness (QED) is 0.618. The Morgan fingerprint density at radius 1 is 1.03 bits per heavy atom. The van der Waals surface area contributed by atoms with Crippen LogP contribution in [0.5, 0.6) is 0 Å². The van der Waals surface area contributed by atoms with Crippen LogP contribution in [0, 0.1) is 23.5 Å². The molecule has 0 radical (unpaired) electrons. The molecule has 178 valence electrons. The van der Waals surface area contributed by atoms with E-state index in [-0.39, 0.29) is 12.0 Å². The highest BCUT2D eigenvalue weighted by atomic mass is 32.2. The number of amidine groups is 1. The molecule has 33 heavy (non-hydrogen) atoms. The van der Waals surface area contributed by atoms with Gasteiger partial charge in [0.15, 0.2) is 11.6 Å². The summed E-state index contributed by atoms with van der Waals surface area (Å²) in [6.07, 6.45) is 6.51. The molecule has 3 aliphatic rings. The number of nitrogens with one attached hydrogen (secondary N) is 2. The molecule has 2 atom stereocenters. The second-order valence-electron chi connectivity index (χ2n) is 9.51. The number of rotatable bonds is 6. The highest BCUT2D eigenvalue weighted by Crippen LogP contribution is 2.40. The molecule has 1 aliphatic heterocycles. The van der Waals surface area contributed by atoms with Gasteiger partial charge in [-0.15, -0.1) is 11.3 Å². The van der Waals surface area contributed by atoms with E-state index < -0.39 is 21.7 Å². The number of aliphatic imine (C=N–C) groups is 1. The van der Waals surface area contributed by atoms with Crippen LogP contribution in [0.3, 0.4) is 0 Å². The third kappa shape index (κ3) is 5.00. The van der Waals surface area contributed by atoms with E-state index in [2.05, 4.69) is 10.0 Å². The lowest BCUT2D eigenvalue weighted by Gasteiger charge is -2.29. The van der Waals surface area contributed by atoms with Gasteiger partial charge in [-0.3, -0.25) is 4.99 Å². The Morgan fingerprint density at radius 2 is 1.76 bits per heavy atom. The lowest BCUT2D eigenvalue weighted by molar-refractivity contribution is 0.275. The lowest BCUT2D eigenvalue weighted by atomic mass is 9.79. The van der Waals surface area contributed by atoms with Crippen molar-refractivity contribution in [2.24, 2.45) is 16.8 Å². The Hall–Kier alpha value is -1.84. The molecule has 2 N–H and O–H groups in total. The Balaban J connectivity index is 1.08. The van der Waals surface area contributed by atoms with Gasteiger partial charge in [-0.25, -0.2) is 21.9 Å². The van der Waals surface area contributed by atoms with Crippen LogP contribution in [-0.2, 0) is 16.4 Å². The van der Waals surface area contributed by atoms with Crippen molar-refractivity contribution in [3.63, 3.8) is 0 Å². The third-order valence-electron chi connectivity index (χ3n) is 7.37. The van der Waals surface area contributed by atoms with Crippen LogP contribution in [0.25, 0.3) is 0 Å². The first-order valence-corrected chi connectivity index (χ1v) is 14.1. The maximum atomic E-state index is 13.8. The molecule has 9 heteroatoms. The fourth-order valence-corrected chi connectivity index (χ4v) is 7.63. The first-order valence-electron chi connectivity index (χ1n) is 11.7. The molecule has 1 aromatic heterocycles. The Labute approximate surface area is 197 Å². The van der Waals surface area contributed by atoms with Crippen molar-refractivity contribution in [3.8, 4) is 0 Å². The summed E-state index contributed by atoms with van der Waals surface area (Å²) in [5, 5.41) is 5.30. The predicted octanol–water partition coefficient (Wildman–Crippen LogP) is 4.60. The van der Waals surface area contributed by atoms with Crippen molar-refractivity contribution in [2.75, 3.05) is 13.1 Å². The molecule has 0 saturated heterocycles. The molecule has 5 rings (SSSR count). The fourth-order valence-electron chi connectivity index (χ4n) is 5.47. The minimum Gasteiger partial charge on any atom is -0.374 e. The van der Waals surface area contributed by atoms with Gasteiger partial charge < -0.3 is 5.32 Å². The van der Waals surface area contributed by atoms with Gasteiger partial charge in [0.25, 0.3) is 0 Å². The number of sulfonamides is 1. The molecule has 1 fully saturated rings. The molecule has 1 aromatic carbocycles. The number of thiophene rings is 1. The number of fused-ring (bicyclic) bond motifs is 3. The van der Waals surface area contributed by atoms with Gasteiger partial charge in [0.2, 0.25) is 10.0 Å². The van der Waals surface area contributed by atoms with Crippen LogP contribution < -0.4 is 10.0 Å². The van der Waals surface area contributed by atoms with Crippen molar-refractivity contribution in [1.29, 1.82) is 0 Å². The summed E-state index contributed by atoms with van der Waals surface area (Å²) in [6, 6.07) is 6.25. The number of benzene rings is 1. The topological polar surface area (TPSA) is 70.6 Å². The molecule has 0 bridgehead atoms. The number of halogens is 2. The number of aryl methyl sites for hydroxylation is 1. The maximum Gasteiger partial charge on any atom is 0.250 e. The van der Waals surface area contributed by atoms with Crippen LogP contribution in [0.2, 0.25) is 0 Å². The smallest absolute Gasteiger partial charge is 0.250 e. The number of hydrogen-bond acceptors (Lipinski definition) is 5. The van der Waals surface area contributed by atoms with Crippen molar-refractivity contribution in [1.82, 2.24) is 10.0 Å². The lowest BCUT2D eigenvalue weighted by Crippen LogP contribution is -2.34. The summed E-state index contributed by atoms with van der Waals surface area (Å²) in [6.45, 7) is 1.35. The summed E-state index contributed by atoms with van der Waals surface area (Å²) in [5.41, 5.74) is 1.83. The fraction of sp³-hybridized carbons (Fsp3) is 0.542. The molecule has 0 unspecified atom stereocenters. The molecule has 5 nitrogen and oxygen atoms in total. The van der Waals surface area contributed by atoms with Crippen molar-refractivity contribution in [2.45, 2.75) is 61.1 Å². The van der Waals surface area contributed by atoms with E-state index >= 15 is 0 Å². The molecule has 2 heterocycles. The Kier molecular flexibility index (Phi) is 6.55. The minimum atomic E-state index is -3.39. The van der Waals surface area contributed by atoms with Gasteiger partial charge in [-0.2, -0.15) is 0 Å². The summed E-state index contributed by atoms with van der Waals surface area (Å²) >= 11 is 1.24.